The van der Waals surface area contributed by atoms with Crippen LogP contribution in [-0.2, 0) is 0 Å². The number of rotatable bonds is 16. The van der Waals surface area contributed by atoms with Gasteiger partial charge in [-0.05, 0) is 25.7 Å². The van der Waals surface area contributed by atoms with Gasteiger partial charge in [0.05, 0.1) is 6.10 Å². The highest BCUT2D eigenvalue weighted by atomic mass is 16.3. The van der Waals surface area contributed by atoms with Gasteiger partial charge in [-0.2, -0.15) is 0 Å². The molecule has 0 bridgehead atoms. The van der Waals surface area contributed by atoms with Crippen LogP contribution in [0.4, 0.5) is 0 Å². The summed E-state index contributed by atoms with van der Waals surface area (Å²) in [5.41, 5.74) is 0. The van der Waals surface area contributed by atoms with E-state index in [2.05, 4.69) is 13.5 Å². The van der Waals surface area contributed by atoms with E-state index < -0.39 is 0 Å². The Hall–Kier alpha value is -0.300. The van der Waals surface area contributed by atoms with Crippen LogP contribution in [0.2, 0.25) is 0 Å². The number of hydrogen-bond acceptors (Lipinski definition) is 1. The molecule has 0 aliphatic rings. The first kappa shape index (κ1) is 19.7. The highest BCUT2D eigenvalue weighted by Gasteiger charge is 2.03. The van der Waals surface area contributed by atoms with Crippen molar-refractivity contribution in [3.8, 4) is 0 Å². The summed E-state index contributed by atoms with van der Waals surface area (Å²) in [6, 6.07) is 0. The van der Waals surface area contributed by atoms with Crippen LogP contribution >= 0.6 is 0 Å². The van der Waals surface area contributed by atoms with Gasteiger partial charge in [0.1, 0.15) is 0 Å². The molecule has 0 aliphatic heterocycles. The van der Waals surface area contributed by atoms with E-state index in [1.165, 1.54) is 77.0 Å². The second-order valence-electron chi connectivity index (χ2n) is 6.20. The standard InChI is InChI=1S/C19H38O/c1-3-5-7-9-11-12-14-16-18-19(20)17-15-13-10-8-6-4-2/h3,19-20H,1,4-18H2,2H3/t19-/m0/s1. The van der Waals surface area contributed by atoms with Crippen LogP contribution in [0, 0.1) is 0 Å². The molecule has 1 atom stereocenters. The molecule has 1 heteroatoms. The normalized spacial score (nSPS) is 12.5. The molecule has 0 aliphatic carbocycles. The van der Waals surface area contributed by atoms with Gasteiger partial charge in [0.15, 0.2) is 0 Å². The summed E-state index contributed by atoms with van der Waals surface area (Å²) in [4.78, 5) is 0. The van der Waals surface area contributed by atoms with Crippen LogP contribution in [-0.4, -0.2) is 11.2 Å². The van der Waals surface area contributed by atoms with E-state index in [0.717, 1.165) is 19.3 Å². The van der Waals surface area contributed by atoms with Gasteiger partial charge >= 0.3 is 0 Å². The number of unbranched alkanes of at least 4 members (excludes halogenated alkanes) is 11. The molecule has 0 aromatic heterocycles. The van der Waals surface area contributed by atoms with Gasteiger partial charge < -0.3 is 5.11 Å². The van der Waals surface area contributed by atoms with E-state index in [1.807, 2.05) is 6.08 Å². The summed E-state index contributed by atoms with van der Waals surface area (Å²) in [5.74, 6) is 0. The Morgan fingerprint density at radius 2 is 1.20 bits per heavy atom. The summed E-state index contributed by atoms with van der Waals surface area (Å²) >= 11 is 0. The van der Waals surface area contributed by atoms with Crippen molar-refractivity contribution < 1.29 is 5.11 Å². The molecule has 0 unspecified atom stereocenters. The summed E-state index contributed by atoms with van der Waals surface area (Å²) in [5, 5.41) is 9.91. The predicted octanol–water partition coefficient (Wildman–Crippen LogP) is 6.40. The van der Waals surface area contributed by atoms with Crippen molar-refractivity contribution in [2.24, 2.45) is 0 Å². The smallest absolute Gasteiger partial charge is 0.0540 e. The first-order chi connectivity index (χ1) is 9.81. The van der Waals surface area contributed by atoms with E-state index in [0.29, 0.717) is 0 Å². The van der Waals surface area contributed by atoms with Gasteiger partial charge in [-0.15, -0.1) is 6.58 Å². The summed E-state index contributed by atoms with van der Waals surface area (Å²) < 4.78 is 0. The van der Waals surface area contributed by atoms with E-state index >= 15 is 0 Å². The van der Waals surface area contributed by atoms with Crippen LogP contribution in [0.5, 0.6) is 0 Å². The van der Waals surface area contributed by atoms with Crippen molar-refractivity contribution in [2.45, 2.75) is 109 Å². The highest BCUT2D eigenvalue weighted by molar-refractivity contribution is 4.65. The largest absolute Gasteiger partial charge is 0.393 e. The zero-order valence-corrected chi connectivity index (χ0v) is 13.9. The lowest BCUT2D eigenvalue weighted by atomic mass is 10.0. The summed E-state index contributed by atoms with van der Waals surface area (Å²) in [6.07, 6.45) is 20.9. The average Bonchev–Trinajstić information content (AvgIpc) is 2.45. The zero-order chi connectivity index (χ0) is 14.9. The molecule has 1 N–H and O–H groups in total. The summed E-state index contributed by atoms with van der Waals surface area (Å²) in [6.45, 7) is 6.00. The molecule has 0 aromatic carbocycles. The lowest BCUT2D eigenvalue weighted by Crippen LogP contribution is -2.05. The molecule has 0 radical (unpaired) electrons. The van der Waals surface area contributed by atoms with E-state index in [1.54, 1.807) is 0 Å². The fraction of sp³-hybridized carbons (Fsp3) is 0.895. The molecule has 0 amide bonds. The minimum atomic E-state index is -0.0399. The monoisotopic (exact) mass is 282 g/mol. The quantitative estimate of drug-likeness (QED) is 0.256. The predicted molar refractivity (Wildman–Crippen MR) is 91.1 cm³/mol. The van der Waals surface area contributed by atoms with E-state index in [9.17, 15) is 5.11 Å². The molecular weight excluding hydrogens is 244 g/mol. The van der Waals surface area contributed by atoms with Gasteiger partial charge in [0.2, 0.25) is 0 Å². The Kier molecular flexibility index (Phi) is 16.5. The number of hydrogen-bond donors (Lipinski definition) is 1. The molecule has 120 valence electrons. The van der Waals surface area contributed by atoms with Crippen LogP contribution in [0.1, 0.15) is 103 Å². The third-order valence-corrected chi connectivity index (χ3v) is 4.09. The highest BCUT2D eigenvalue weighted by Crippen LogP contribution is 2.14. The number of aliphatic hydroxyl groups excluding tert-OH is 1. The Labute approximate surface area is 127 Å². The van der Waals surface area contributed by atoms with E-state index in [4.69, 9.17) is 0 Å². The minimum absolute atomic E-state index is 0.0399. The second kappa shape index (κ2) is 16.8. The molecule has 0 saturated heterocycles. The molecular formula is C19H38O. The fourth-order valence-corrected chi connectivity index (χ4v) is 2.68. The van der Waals surface area contributed by atoms with Crippen LogP contribution < -0.4 is 0 Å². The van der Waals surface area contributed by atoms with Crippen LogP contribution in [0.3, 0.4) is 0 Å². The van der Waals surface area contributed by atoms with Crippen molar-refractivity contribution in [3.05, 3.63) is 12.7 Å². The van der Waals surface area contributed by atoms with Crippen molar-refractivity contribution in [2.75, 3.05) is 0 Å². The summed E-state index contributed by atoms with van der Waals surface area (Å²) in [7, 11) is 0. The first-order valence-electron chi connectivity index (χ1n) is 9.10. The van der Waals surface area contributed by atoms with Gasteiger partial charge in [-0.1, -0.05) is 83.6 Å². The lowest BCUT2D eigenvalue weighted by molar-refractivity contribution is 0.147. The maximum absolute atomic E-state index is 9.91. The van der Waals surface area contributed by atoms with Crippen molar-refractivity contribution in [3.63, 3.8) is 0 Å². The lowest BCUT2D eigenvalue weighted by Gasteiger charge is -2.10. The molecule has 20 heavy (non-hydrogen) atoms. The topological polar surface area (TPSA) is 20.2 Å². The zero-order valence-electron chi connectivity index (χ0n) is 13.9. The Balaban J connectivity index is 3.12. The van der Waals surface area contributed by atoms with Crippen molar-refractivity contribution in [1.29, 1.82) is 0 Å². The van der Waals surface area contributed by atoms with Gasteiger partial charge in [0.25, 0.3) is 0 Å². The Morgan fingerprint density at radius 1 is 0.750 bits per heavy atom. The van der Waals surface area contributed by atoms with E-state index in [-0.39, 0.29) is 6.10 Å². The van der Waals surface area contributed by atoms with Crippen molar-refractivity contribution in [1.82, 2.24) is 0 Å². The Morgan fingerprint density at radius 3 is 1.70 bits per heavy atom. The van der Waals surface area contributed by atoms with Crippen LogP contribution in [0.15, 0.2) is 12.7 Å². The van der Waals surface area contributed by atoms with Crippen LogP contribution in [0.25, 0.3) is 0 Å². The molecule has 0 rings (SSSR count). The average molecular weight is 283 g/mol. The maximum atomic E-state index is 9.91. The minimum Gasteiger partial charge on any atom is -0.393 e. The fourth-order valence-electron chi connectivity index (χ4n) is 2.68. The third kappa shape index (κ3) is 15.8. The molecule has 0 fully saturated rings. The molecule has 0 heterocycles. The maximum Gasteiger partial charge on any atom is 0.0540 e. The first-order valence-corrected chi connectivity index (χ1v) is 9.10. The van der Waals surface area contributed by atoms with Crippen molar-refractivity contribution >= 4 is 0 Å². The molecule has 0 spiro atoms. The third-order valence-electron chi connectivity index (χ3n) is 4.09. The second-order valence-corrected chi connectivity index (χ2v) is 6.20. The number of allylic oxidation sites excluding steroid dienone is 1. The molecule has 0 aromatic rings. The SMILES string of the molecule is C=CCCCCCCCC[C@@H](O)CCCCCCCC. The Bertz CT molecular complexity index is 188. The van der Waals surface area contributed by atoms with Gasteiger partial charge in [-0.3, -0.25) is 0 Å². The number of aliphatic hydroxyl groups is 1. The molecule has 1 nitrogen and oxygen atoms in total. The van der Waals surface area contributed by atoms with Gasteiger partial charge in [0, 0.05) is 0 Å². The van der Waals surface area contributed by atoms with Gasteiger partial charge in [-0.25, -0.2) is 0 Å². The molecule has 0 saturated carbocycles.